The molecule has 0 spiro atoms. The summed E-state index contributed by atoms with van der Waals surface area (Å²) in [7, 11) is 1.40. The maximum Gasteiger partial charge on any atom is 0.329 e. The Morgan fingerprint density at radius 2 is 2.12 bits per heavy atom. The lowest BCUT2D eigenvalue weighted by Gasteiger charge is -2.19. The van der Waals surface area contributed by atoms with Gasteiger partial charge in [-0.3, -0.25) is 14.5 Å². The van der Waals surface area contributed by atoms with Crippen molar-refractivity contribution in [2.75, 3.05) is 13.7 Å². The first-order valence-corrected chi connectivity index (χ1v) is 8.91. The first kappa shape index (κ1) is 19.3. The van der Waals surface area contributed by atoms with E-state index < -0.39 is 23.2 Å². The standard InChI is InChI=1S/C16H16BrNO6S/c1-4-24-15(21)8(2)18-14(20)13(25-16(18)22)6-9-5-12(23-3)11(19)7-10(9)17/h5-8,19H,4H2,1-3H3/b13-6+. The molecule has 1 aromatic carbocycles. The van der Waals surface area contributed by atoms with Gasteiger partial charge in [0.25, 0.3) is 11.1 Å². The van der Waals surface area contributed by atoms with Crippen LogP contribution in [0.1, 0.15) is 19.4 Å². The van der Waals surface area contributed by atoms with Gasteiger partial charge in [-0.2, -0.15) is 0 Å². The Morgan fingerprint density at radius 3 is 2.72 bits per heavy atom. The molecule has 1 aliphatic heterocycles. The van der Waals surface area contributed by atoms with Crippen LogP contribution in [0.2, 0.25) is 0 Å². The second kappa shape index (κ2) is 7.92. The van der Waals surface area contributed by atoms with Crippen molar-refractivity contribution in [1.29, 1.82) is 0 Å². The summed E-state index contributed by atoms with van der Waals surface area (Å²) in [6.45, 7) is 3.25. The van der Waals surface area contributed by atoms with Crippen LogP contribution in [0.15, 0.2) is 21.5 Å². The van der Waals surface area contributed by atoms with E-state index in [-0.39, 0.29) is 23.0 Å². The molecule has 1 unspecified atom stereocenters. The van der Waals surface area contributed by atoms with Crippen LogP contribution in [0.3, 0.4) is 0 Å². The number of carbonyl (C=O) groups is 3. The zero-order valence-corrected chi connectivity index (χ0v) is 16.1. The number of rotatable bonds is 5. The van der Waals surface area contributed by atoms with E-state index in [1.807, 2.05) is 0 Å². The third kappa shape index (κ3) is 3.98. The maximum absolute atomic E-state index is 12.5. The summed E-state index contributed by atoms with van der Waals surface area (Å²) in [5.74, 6) is -1.04. The lowest BCUT2D eigenvalue weighted by atomic mass is 10.1. The number of benzene rings is 1. The van der Waals surface area contributed by atoms with Gasteiger partial charge in [0.05, 0.1) is 18.6 Å². The van der Waals surface area contributed by atoms with Crippen molar-refractivity contribution >= 4 is 50.9 Å². The van der Waals surface area contributed by atoms with Crippen LogP contribution >= 0.6 is 27.7 Å². The van der Waals surface area contributed by atoms with Crippen LogP contribution < -0.4 is 4.74 Å². The van der Waals surface area contributed by atoms with Crippen LogP contribution in [0, 0.1) is 0 Å². The zero-order valence-electron chi connectivity index (χ0n) is 13.7. The van der Waals surface area contributed by atoms with E-state index >= 15 is 0 Å². The molecule has 1 fully saturated rings. The van der Waals surface area contributed by atoms with Gasteiger partial charge in [0.1, 0.15) is 6.04 Å². The average molecular weight is 430 g/mol. The number of thioether (sulfide) groups is 1. The van der Waals surface area contributed by atoms with E-state index in [0.717, 1.165) is 16.7 Å². The van der Waals surface area contributed by atoms with Gasteiger partial charge in [-0.05, 0) is 49.4 Å². The van der Waals surface area contributed by atoms with Crippen molar-refractivity contribution in [3.05, 3.63) is 27.1 Å². The van der Waals surface area contributed by atoms with Crippen molar-refractivity contribution in [3.63, 3.8) is 0 Å². The molecular weight excluding hydrogens is 414 g/mol. The molecule has 2 rings (SSSR count). The Balaban J connectivity index is 2.33. The molecular formula is C16H16BrNO6S. The van der Waals surface area contributed by atoms with Crippen LogP contribution in [0.25, 0.3) is 6.08 Å². The summed E-state index contributed by atoms with van der Waals surface area (Å²) in [6, 6.07) is 1.95. The minimum absolute atomic E-state index is 0.0597. The van der Waals surface area contributed by atoms with Gasteiger partial charge in [-0.25, -0.2) is 4.79 Å². The highest BCUT2D eigenvalue weighted by molar-refractivity contribution is 9.10. The van der Waals surface area contributed by atoms with Crippen LogP contribution in [0.4, 0.5) is 4.79 Å². The van der Waals surface area contributed by atoms with Crippen LogP contribution in [-0.4, -0.2) is 46.9 Å². The number of hydrogen-bond donors (Lipinski definition) is 1. The van der Waals surface area contributed by atoms with E-state index in [9.17, 15) is 19.5 Å². The molecule has 1 aromatic rings. The minimum Gasteiger partial charge on any atom is -0.504 e. The Bertz CT molecular complexity index is 763. The van der Waals surface area contributed by atoms with Crippen molar-refractivity contribution in [1.82, 2.24) is 4.90 Å². The quantitative estimate of drug-likeness (QED) is 0.567. The van der Waals surface area contributed by atoms with Gasteiger partial charge >= 0.3 is 5.97 Å². The average Bonchev–Trinajstić information content (AvgIpc) is 2.83. The van der Waals surface area contributed by atoms with E-state index in [1.165, 1.54) is 32.2 Å². The third-order valence-electron chi connectivity index (χ3n) is 3.42. The molecule has 0 aromatic heterocycles. The molecule has 0 aliphatic carbocycles. The predicted octanol–water partition coefficient (Wildman–Crippen LogP) is 3.15. The highest BCUT2D eigenvalue weighted by Gasteiger charge is 2.41. The van der Waals surface area contributed by atoms with Gasteiger partial charge < -0.3 is 14.6 Å². The van der Waals surface area contributed by atoms with Gasteiger partial charge in [0.2, 0.25) is 0 Å². The van der Waals surface area contributed by atoms with E-state index in [1.54, 1.807) is 6.92 Å². The first-order chi connectivity index (χ1) is 11.8. The molecule has 9 heteroatoms. The number of ether oxygens (including phenoxy) is 2. The Hall–Kier alpha value is -2.00. The Labute approximate surface area is 157 Å². The summed E-state index contributed by atoms with van der Waals surface area (Å²) in [5.41, 5.74) is 0.545. The normalized spacial score (nSPS) is 17.1. The first-order valence-electron chi connectivity index (χ1n) is 7.30. The number of phenols is 1. The number of aromatic hydroxyl groups is 1. The topological polar surface area (TPSA) is 93.1 Å². The molecule has 1 heterocycles. The number of methoxy groups -OCH3 is 1. The number of halogens is 1. The molecule has 1 atom stereocenters. The van der Waals surface area contributed by atoms with Gasteiger partial charge in [0, 0.05) is 4.47 Å². The molecule has 1 aliphatic rings. The van der Waals surface area contributed by atoms with Gasteiger partial charge in [0.15, 0.2) is 11.5 Å². The summed E-state index contributed by atoms with van der Waals surface area (Å²) in [5, 5.41) is 9.19. The third-order valence-corrected chi connectivity index (χ3v) is 4.99. The van der Waals surface area contributed by atoms with Crippen molar-refractivity contribution in [2.45, 2.75) is 19.9 Å². The monoisotopic (exact) mass is 429 g/mol. The maximum atomic E-state index is 12.5. The number of phenolic OH excluding ortho intramolecular Hbond substituents is 1. The highest BCUT2D eigenvalue weighted by Crippen LogP contribution is 2.38. The smallest absolute Gasteiger partial charge is 0.329 e. The predicted molar refractivity (Wildman–Crippen MR) is 96.3 cm³/mol. The summed E-state index contributed by atoms with van der Waals surface area (Å²) >= 11 is 4.02. The van der Waals surface area contributed by atoms with Crippen LogP contribution in [0.5, 0.6) is 11.5 Å². The number of carbonyl (C=O) groups excluding carboxylic acids is 3. The SMILES string of the molecule is CCOC(=O)C(C)N1C(=O)S/C(=C/c2cc(OC)c(O)cc2Br)C1=O. The van der Waals surface area contributed by atoms with Crippen LogP contribution in [-0.2, 0) is 14.3 Å². The van der Waals surface area contributed by atoms with Crippen molar-refractivity contribution < 1.29 is 29.0 Å². The lowest BCUT2D eigenvalue weighted by molar-refractivity contribution is -0.150. The fraction of sp³-hybridized carbons (Fsp3) is 0.312. The van der Waals surface area contributed by atoms with Crippen molar-refractivity contribution in [3.8, 4) is 11.5 Å². The molecule has 0 bridgehead atoms. The van der Waals surface area contributed by atoms with Gasteiger partial charge in [-0.15, -0.1) is 0 Å². The van der Waals surface area contributed by atoms with Crippen molar-refractivity contribution in [2.24, 2.45) is 0 Å². The lowest BCUT2D eigenvalue weighted by Crippen LogP contribution is -2.42. The molecule has 134 valence electrons. The summed E-state index contributed by atoms with van der Waals surface area (Å²) in [6.07, 6.45) is 1.49. The van der Waals surface area contributed by atoms with E-state index in [2.05, 4.69) is 15.9 Å². The second-order valence-electron chi connectivity index (χ2n) is 5.03. The summed E-state index contributed by atoms with van der Waals surface area (Å²) in [4.78, 5) is 37.5. The van der Waals surface area contributed by atoms with Gasteiger partial charge in [-0.1, -0.05) is 15.9 Å². The molecule has 0 radical (unpaired) electrons. The number of amides is 2. The highest BCUT2D eigenvalue weighted by atomic mass is 79.9. The fourth-order valence-corrected chi connectivity index (χ4v) is 3.50. The molecule has 1 N–H and O–H groups in total. The number of imide groups is 1. The number of nitrogens with zero attached hydrogens (tertiary/aromatic N) is 1. The number of hydrogen-bond acceptors (Lipinski definition) is 7. The zero-order chi connectivity index (χ0) is 18.7. The summed E-state index contributed by atoms with van der Waals surface area (Å²) < 4.78 is 10.4. The molecule has 2 amide bonds. The molecule has 1 saturated heterocycles. The molecule has 25 heavy (non-hydrogen) atoms. The Morgan fingerprint density at radius 1 is 1.44 bits per heavy atom. The molecule has 7 nitrogen and oxygen atoms in total. The molecule has 0 saturated carbocycles. The Kier molecular flexibility index (Phi) is 6.12. The van der Waals surface area contributed by atoms with E-state index in [0.29, 0.717) is 10.0 Å². The second-order valence-corrected chi connectivity index (χ2v) is 6.87. The largest absolute Gasteiger partial charge is 0.504 e. The number of esters is 1. The fourth-order valence-electron chi connectivity index (χ4n) is 2.16. The minimum atomic E-state index is -1.00. The van der Waals surface area contributed by atoms with E-state index in [4.69, 9.17) is 9.47 Å².